The topological polar surface area (TPSA) is 99.6 Å². The van der Waals surface area contributed by atoms with Crippen LogP contribution in [-0.4, -0.2) is 27.1 Å². The van der Waals surface area contributed by atoms with Gasteiger partial charge < -0.3 is 9.15 Å². The summed E-state index contributed by atoms with van der Waals surface area (Å²) in [5.74, 6) is 0.00626. The summed E-state index contributed by atoms with van der Waals surface area (Å²) in [4.78, 5) is 40.4. The largest absolute Gasteiger partial charge is 0.463 e. The number of furan rings is 1. The molecule has 4 aromatic rings. The molecule has 0 saturated carbocycles. The number of allylic oxidation sites excluding steroid dienone is 1. The van der Waals surface area contributed by atoms with Crippen LogP contribution in [0.5, 0.6) is 0 Å². The van der Waals surface area contributed by atoms with E-state index in [1.165, 1.54) is 23.1 Å². The fourth-order valence-electron chi connectivity index (χ4n) is 3.94. The third kappa shape index (κ3) is 5.11. The number of hydrogen-bond acceptors (Lipinski definition) is 9. The molecule has 0 radical (unpaired) electrons. The van der Waals surface area contributed by atoms with E-state index in [1.807, 2.05) is 43.3 Å². The number of carbonyl (C=O) groups excluding carboxylic acids is 1. The van der Waals surface area contributed by atoms with Crippen molar-refractivity contribution in [2.45, 2.75) is 37.1 Å². The highest BCUT2D eigenvalue weighted by Gasteiger charge is 2.33. The number of aryl methyl sites for hydroxylation is 1. The predicted octanol–water partition coefficient (Wildman–Crippen LogP) is 4.40. The van der Waals surface area contributed by atoms with Crippen LogP contribution in [0.1, 0.15) is 36.9 Å². The standard InChI is InChI=1S/C26H21BrN4O4S2/c1-4-34-23(33)20-15(3)30-26-31(21(20)16-8-6-5-7-9-16)22(32)19(36-26)13-17-12-18(27)24(35-17)37-25-28-11-10-14(2)29-25/h5-13,21H,4H2,1-3H3/b19-13+/t21-/m1/s1. The Bertz CT molecular complexity index is 1710. The number of fused-ring (bicyclic) bond motifs is 1. The average molecular weight is 598 g/mol. The van der Waals surface area contributed by atoms with Crippen LogP contribution in [0.25, 0.3) is 6.08 Å². The molecule has 3 aromatic heterocycles. The number of rotatable bonds is 6. The average Bonchev–Trinajstić information content (AvgIpc) is 3.36. The minimum absolute atomic E-state index is 0.225. The molecular weight excluding hydrogens is 576 g/mol. The maximum absolute atomic E-state index is 13.7. The highest BCUT2D eigenvalue weighted by atomic mass is 79.9. The number of thiazole rings is 1. The second kappa shape index (κ2) is 10.6. The number of esters is 1. The normalized spacial score (nSPS) is 15.5. The second-order valence-corrected chi connectivity index (χ2v) is 10.9. The van der Waals surface area contributed by atoms with E-state index in [9.17, 15) is 9.59 Å². The minimum atomic E-state index is -0.647. The number of hydrogen-bond donors (Lipinski definition) is 0. The fourth-order valence-corrected chi connectivity index (χ4v) is 6.28. The van der Waals surface area contributed by atoms with Gasteiger partial charge in [0.25, 0.3) is 5.56 Å². The molecule has 1 aromatic carbocycles. The zero-order valence-corrected chi connectivity index (χ0v) is 23.3. The zero-order valence-electron chi connectivity index (χ0n) is 20.1. The second-order valence-electron chi connectivity index (χ2n) is 8.08. The van der Waals surface area contributed by atoms with E-state index in [4.69, 9.17) is 9.15 Å². The van der Waals surface area contributed by atoms with Crippen LogP contribution in [0.2, 0.25) is 0 Å². The van der Waals surface area contributed by atoms with Crippen LogP contribution in [0.3, 0.4) is 0 Å². The van der Waals surface area contributed by atoms with Crippen LogP contribution in [0.4, 0.5) is 0 Å². The molecule has 0 unspecified atom stereocenters. The van der Waals surface area contributed by atoms with Gasteiger partial charge in [0.15, 0.2) is 15.1 Å². The first-order valence-corrected chi connectivity index (χ1v) is 13.8. The molecular formula is C26H21BrN4O4S2. The predicted molar refractivity (Wildman–Crippen MR) is 144 cm³/mol. The lowest BCUT2D eigenvalue weighted by Gasteiger charge is -2.24. The van der Waals surface area contributed by atoms with Crippen LogP contribution < -0.4 is 14.9 Å². The first kappa shape index (κ1) is 25.4. The van der Waals surface area contributed by atoms with Gasteiger partial charge in [0, 0.05) is 18.0 Å². The Labute approximate surface area is 228 Å². The molecule has 8 nitrogen and oxygen atoms in total. The molecule has 1 aliphatic heterocycles. The Kier molecular flexibility index (Phi) is 7.27. The summed E-state index contributed by atoms with van der Waals surface area (Å²) in [6, 6.07) is 12.4. The Balaban J connectivity index is 1.59. The highest BCUT2D eigenvalue weighted by molar-refractivity contribution is 9.10. The van der Waals surface area contributed by atoms with Gasteiger partial charge in [-0.15, -0.1) is 0 Å². The van der Waals surface area contributed by atoms with Crippen molar-refractivity contribution >= 4 is 51.1 Å². The van der Waals surface area contributed by atoms with Crippen molar-refractivity contribution in [2.75, 3.05) is 6.61 Å². The van der Waals surface area contributed by atoms with Gasteiger partial charge in [-0.05, 0) is 66.2 Å². The molecule has 0 saturated heterocycles. The lowest BCUT2D eigenvalue weighted by molar-refractivity contribution is -0.139. The minimum Gasteiger partial charge on any atom is -0.463 e. The van der Waals surface area contributed by atoms with E-state index in [2.05, 4.69) is 30.9 Å². The fraction of sp³-hybridized carbons (Fsp3) is 0.192. The summed E-state index contributed by atoms with van der Waals surface area (Å²) in [7, 11) is 0. The monoisotopic (exact) mass is 596 g/mol. The van der Waals surface area contributed by atoms with Crippen molar-refractivity contribution in [1.29, 1.82) is 0 Å². The van der Waals surface area contributed by atoms with Gasteiger partial charge in [0.1, 0.15) is 5.76 Å². The van der Waals surface area contributed by atoms with Crippen molar-refractivity contribution in [3.63, 3.8) is 0 Å². The number of nitrogens with zero attached hydrogens (tertiary/aromatic N) is 4. The SMILES string of the molecule is CCOC(=O)C1=C(C)N=c2s/c(=C/c3cc(Br)c(Sc4nccc(C)n4)o3)c(=O)n2[C@@H]1c1ccccc1. The number of benzene rings is 1. The molecule has 1 aliphatic rings. The molecule has 0 N–H and O–H groups in total. The van der Waals surface area contributed by atoms with Gasteiger partial charge in [-0.1, -0.05) is 41.7 Å². The quantitative estimate of drug-likeness (QED) is 0.240. The Morgan fingerprint density at radius 3 is 2.78 bits per heavy atom. The third-order valence-electron chi connectivity index (χ3n) is 5.54. The maximum Gasteiger partial charge on any atom is 0.338 e. The van der Waals surface area contributed by atoms with Gasteiger partial charge in [-0.2, -0.15) is 0 Å². The van der Waals surface area contributed by atoms with Gasteiger partial charge in [0.2, 0.25) is 0 Å². The van der Waals surface area contributed by atoms with Gasteiger partial charge in [0.05, 0.1) is 32.9 Å². The molecule has 0 spiro atoms. The van der Waals surface area contributed by atoms with E-state index in [0.717, 1.165) is 15.7 Å². The molecule has 37 heavy (non-hydrogen) atoms. The Hall–Kier alpha value is -3.28. The summed E-state index contributed by atoms with van der Waals surface area (Å²) < 4.78 is 14.0. The number of halogens is 1. The number of ether oxygens (including phenoxy) is 1. The molecule has 188 valence electrons. The molecule has 0 aliphatic carbocycles. The van der Waals surface area contributed by atoms with E-state index < -0.39 is 12.0 Å². The van der Waals surface area contributed by atoms with Crippen LogP contribution in [0.15, 0.2) is 88.9 Å². The smallest absolute Gasteiger partial charge is 0.338 e. The van der Waals surface area contributed by atoms with Crippen molar-refractivity contribution in [3.05, 3.63) is 101 Å². The van der Waals surface area contributed by atoms with Crippen LogP contribution >= 0.6 is 39.0 Å². The molecule has 11 heteroatoms. The Morgan fingerprint density at radius 1 is 1.27 bits per heavy atom. The lowest BCUT2D eigenvalue weighted by atomic mass is 9.96. The van der Waals surface area contributed by atoms with Crippen molar-refractivity contribution in [2.24, 2.45) is 4.99 Å². The molecule has 0 amide bonds. The summed E-state index contributed by atoms with van der Waals surface area (Å²) in [5.41, 5.74) is 2.26. The summed E-state index contributed by atoms with van der Waals surface area (Å²) in [6.07, 6.45) is 3.38. The highest BCUT2D eigenvalue weighted by Crippen LogP contribution is 2.35. The van der Waals surface area contributed by atoms with Crippen LogP contribution in [0, 0.1) is 6.92 Å². The molecule has 4 heterocycles. The van der Waals surface area contributed by atoms with Gasteiger partial charge in [-0.3, -0.25) is 9.36 Å². The van der Waals surface area contributed by atoms with Crippen molar-refractivity contribution in [1.82, 2.24) is 14.5 Å². The van der Waals surface area contributed by atoms with E-state index in [1.54, 1.807) is 36.8 Å². The van der Waals surface area contributed by atoms with Crippen molar-refractivity contribution < 1.29 is 13.9 Å². The Morgan fingerprint density at radius 2 is 2.05 bits per heavy atom. The molecule has 0 bridgehead atoms. The van der Waals surface area contributed by atoms with E-state index >= 15 is 0 Å². The summed E-state index contributed by atoms with van der Waals surface area (Å²) in [6.45, 7) is 5.63. The number of carbonyl (C=O) groups is 1. The number of aromatic nitrogens is 3. The molecule has 5 rings (SSSR count). The van der Waals surface area contributed by atoms with Gasteiger partial charge >= 0.3 is 5.97 Å². The summed E-state index contributed by atoms with van der Waals surface area (Å²) >= 11 is 6.05. The zero-order chi connectivity index (χ0) is 26.1. The summed E-state index contributed by atoms with van der Waals surface area (Å²) in [5, 5.41) is 1.14. The van der Waals surface area contributed by atoms with Crippen molar-refractivity contribution in [3.8, 4) is 0 Å². The van der Waals surface area contributed by atoms with Crippen LogP contribution in [-0.2, 0) is 9.53 Å². The van der Waals surface area contributed by atoms with E-state index in [0.29, 0.717) is 36.6 Å². The first-order chi connectivity index (χ1) is 17.9. The van der Waals surface area contributed by atoms with Gasteiger partial charge in [-0.25, -0.2) is 19.8 Å². The molecule has 1 atom stereocenters. The lowest BCUT2D eigenvalue weighted by Crippen LogP contribution is -2.39. The van der Waals surface area contributed by atoms with E-state index in [-0.39, 0.29) is 12.2 Å². The molecule has 0 fully saturated rings. The first-order valence-electron chi connectivity index (χ1n) is 11.4. The third-order valence-corrected chi connectivity index (χ3v) is 8.24. The maximum atomic E-state index is 13.7.